The zero-order chi connectivity index (χ0) is 33.1. The number of amides is 3. The average Bonchev–Trinajstić information content (AvgIpc) is 3.86. The molecule has 0 N–H and O–H groups in total. The molecule has 3 fully saturated rings. The van der Waals surface area contributed by atoms with E-state index >= 15 is 0 Å². The quantitative estimate of drug-likeness (QED) is 0.0631. The summed E-state index contributed by atoms with van der Waals surface area (Å²) in [4.78, 5) is 88.4. The SMILES string of the molecule is O=C(CN(C(=O)c1ccc([N+](=O)[O-])cc1)N1C(=O)[C@@H]2[C@H]3C=C[C@@H]([C@@H]4C[C@@H]34)[C@@H]2C1=O)c1ccc(OC(=O)c2ccc([N+](=O)[O-])cc2)cc1. The van der Waals surface area contributed by atoms with Crippen LogP contribution in [0, 0.1) is 55.7 Å². The van der Waals surface area contributed by atoms with Gasteiger partial charge < -0.3 is 4.74 Å². The predicted molar refractivity (Wildman–Crippen MR) is 160 cm³/mol. The van der Waals surface area contributed by atoms with Crippen molar-refractivity contribution in [3.8, 4) is 5.75 Å². The van der Waals surface area contributed by atoms with Crippen molar-refractivity contribution in [1.29, 1.82) is 0 Å². The summed E-state index contributed by atoms with van der Waals surface area (Å²) in [6.07, 6.45) is 4.91. The van der Waals surface area contributed by atoms with Crippen molar-refractivity contribution >= 4 is 40.8 Å². The number of esters is 1. The Labute approximate surface area is 265 Å². The first kappa shape index (κ1) is 29.6. The van der Waals surface area contributed by atoms with Gasteiger partial charge in [0.05, 0.1) is 27.2 Å². The fourth-order valence-corrected chi connectivity index (χ4v) is 7.11. The molecule has 8 rings (SSSR count). The monoisotopic (exact) mass is 636 g/mol. The maximum atomic E-state index is 13.9. The molecule has 1 saturated heterocycles. The van der Waals surface area contributed by atoms with Gasteiger partial charge in [0, 0.05) is 35.4 Å². The number of non-ortho nitro benzene ring substituents is 2. The molecule has 6 atom stereocenters. The van der Waals surface area contributed by atoms with Crippen LogP contribution in [0.4, 0.5) is 11.4 Å². The van der Waals surface area contributed by atoms with E-state index in [4.69, 9.17) is 4.74 Å². The lowest BCUT2D eigenvalue weighted by molar-refractivity contribution is -0.385. The fourth-order valence-electron chi connectivity index (χ4n) is 7.11. The van der Waals surface area contributed by atoms with Crippen molar-refractivity contribution in [3.63, 3.8) is 0 Å². The molecule has 14 heteroatoms. The lowest BCUT2D eigenvalue weighted by Gasteiger charge is -2.37. The summed E-state index contributed by atoms with van der Waals surface area (Å²) in [5, 5.41) is 23.6. The molecule has 3 amide bonds. The minimum Gasteiger partial charge on any atom is -0.423 e. The topological polar surface area (TPSA) is 187 Å². The van der Waals surface area contributed by atoms with E-state index in [0.717, 1.165) is 40.7 Å². The normalized spacial score (nSPS) is 24.7. The second-order valence-corrected chi connectivity index (χ2v) is 12.0. The van der Waals surface area contributed by atoms with E-state index in [1.165, 1.54) is 48.5 Å². The second-order valence-electron chi connectivity index (χ2n) is 12.0. The van der Waals surface area contributed by atoms with Crippen LogP contribution in [0.1, 0.15) is 37.5 Å². The first-order valence-electron chi connectivity index (χ1n) is 14.8. The number of imide groups is 1. The van der Waals surface area contributed by atoms with Crippen molar-refractivity contribution in [1.82, 2.24) is 10.0 Å². The molecular weight excluding hydrogens is 612 g/mol. The van der Waals surface area contributed by atoms with Gasteiger partial charge in [0.25, 0.3) is 29.1 Å². The van der Waals surface area contributed by atoms with Crippen LogP contribution in [0.2, 0.25) is 0 Å². The minimum atomic E-state index is -0.854. The van der Waals surface area contributed by atoms with Gasteiger partial charge in [0.1, 0.15) is 12.3 Å². The zero-order valence-corrected chi connectivity index (χ0v) is 24.3. The first-order chi connectivity index (χ1) is 22.5. The van der Waals surface area contributed by atoms with Crippen molar-refractivity contribution < 1.29 is 38.6 Å². The van der Waals surface area contributed by atoms with E-state index in [9.17, 15) is 44.2 Å². The van der Waals surface area contributed by atoms with Crippen molar-refractivity contribution in [2.75, 3.05) is 6.54 Å². The summed E-state index contributed by atoms with van der Waals surface area (Å²) in [7, 11) is 0. The molecule has 0 unspecified atom stereocenters. The second kappa shape index (κ2) is 11.1. The summed E-state index contributed by atoms with van der Waals surface area (Å²) >= 11 is 0. The minimum absolute atomic E-state index is 0.0590. The molecule has 14 nitrogen and oxygen atoms in total. The Kier molecular flexibility index (Phi) is 6.99. The molecule has 5 aliphatic rings. The summed E-state index contributed by atoms with van der Waals surface area (Å²) < 4.78 is 5.30. The van der Waals surface area contributed by atoms with Crippen LogP contribution >= 0.6 is 0 Å². The van der Waals surface area contributed by atoms with E-state index in [1.54, 1.807) is 0 Å². The number of ether oxygens (including phenoxy) is 1. The third-order valence-electron chi connectivity index (χ3n) is 9.43. The highest BCUT2D eigenvalue weighted by Gasteiger charge is 2.68. The van der Waals surface area contributed by atoms with Gasteiger partial charge in [0.15, 0.2) is 5.78 Å². The van der Waals surface area contributed by atoms with Gasteiger partial charge in [-0.2, -0.15) is 5.01 Å². The molecule has 3 aromatic carbocycles. The van der Waals surface area contributed by atoms with Gasteiger partial charge in [-0.25, -0.2) is 9.80 Å². The third-order valence-corrected chi connectivity index (χ3v) is 9.43. The molecule has 236 valence electrons. The van der Waals surface area contributed by atoms with Crippen molar-refractivity contribution in [2.45, 2.75) is 6.42 Å². The van der Waals surface area contributed by atoms with Crippen LogP contribution in [0.15, 0.2) is 84.9 Å². The van der Waals surface area contributed by atoms with E-state index < -0.39 is 57.7 Å². The molecule has 3 aromatic rings. The van der Waals surface area contributed by atoms with Gasteiger partial charge in [-0.05, 0) is 78.6 Å². The number of ketones is 1. The highest BCUT2D eigenvalue weighted by atomic mass is 16.6. The number of allylic oxidation sites excluding steroid dienone is 2. The maximum absolute atomic E-state index is 13.9. The van der Waals surface area contributed by atoms with Gasteiger partial charge in [-0.15, -0.1) is 0 Å². The number of hydrogen-bond acceptors (Lipinski definition) is 10. The summed E-state index contributed by atoms with van der Waals surface area (Å²) in [5.74, 6) is -4.18. The molecule has 0 radical (unpaired) electrons. The van der Waals surface area contributed by atoms with Crippen LogP contribution in [-0.2, 0) is 9.59 Å². The Morgan fingerprint density at radius 1 is 0.723 bits per heavy atom. The Morgan fingerprint density at radius 3 is 1.68 bits per heavy atom. The number of carbonyl (C=O) groups excluding carboxylic acids is 5. The molecule has 0 aromatic heterocycles. The molecule has 2 saturated carbocycles. The average molecular weight is 637 g/mol. The highest BCUT2D eigenvalue weighted by Crippen LogP contribution is 2.65. The number of nitrogens with zero attached hydrogens (tertiary/aromatic N) is 4. The molecule has 1 aliphatic heterocycles. The standard InChI is InChI=1S/C33H24N4O10/c38-27(17-5-11-22(12-6-17)47-33(42)19-3-9-21(10-4-19)37(45)46)16-34(30(39)18-1-7-20(8-2-18)36(43)44)35-31(40)28-23-13-14-24(26-15-25(23)26)29(28)32(35)41/h1-14,23-26,28-29H,15-16H2/t23-,24-,25-,26-,28-,29+/m0/s1. The van der Waals surface area contributed by atoms with Gasteiger partial charge in [-0.3, -0.25) is 39.4 Å². The van der Waals surface area contributed by atoms with E-state index in [2.05, 4.69) is 0 Å². The number of hydrogen-bond donors (Lipinski definition) is 0. The molecular formula is C33H24N4O10. The number of nitro benzene ring substituents is 2. The van der Waals surface area contributed by atoms with Crippen molar-refractivity contribution in [3.05, 3.63) is 122 Å². The predicted octanol–water partition coefficient (Wildman–Crippen LogP) is 4.02. The van der Waals surface area contributed by atoms with Crippen molar-refractivity contribution in [2.24, 2.45) is 35.5 Å². The van der Waals surface area contributed by atoms with Crippen LogP contribution in [-0.4, -0.2) is 55.9 Å². The Balaban J connectivity index is 1.12. The number of nitro groups is 2. The van der Waals surface area contributed by atoms with Crippen LogP contribution in [0.3, 0.4) is 0 Å². The summed E-state index contributed by atoms with van der Waals surface area (Å²) in [5.41, 5.74) is -0.364. The molecule has 0 spiro atoms. The van der Waals surface area contributed by atoms with E-state index in [1.807, 2.05) is 12.2 Å². The largest absolute Gasteiger partial charge is 0.423 e. The van der Waals surface area contributed by atoms with Gasteiger partial charge in [-0.1, -0.05) is 12.2 Å². The smallest absolute Gasteiger partial charge is 0.343 e. The number of benzene rings is 3. The van der Waals surface area contributed by atoms with Gasteiger partial charge >= 0.3 is 5.97 Å². The van der Waals surface area contributed by atoms with E-state index in [-0.39, 0.29) is 45.7 Å². The fraction of sp³-hybridized carbons (Fsp3) is 0.242. The Morgan fingerprint density at radius 2 is 1.19 bits per heavy atom. The number of rotatable bonds is 9. The summed E-state index contributed by atoms with van der Waals surface area (Å²) in [6.45, 7) is -0.690. The molecule has 47 heavy (non-hydrogen) atoms. The number of carbonyl (C=O) groups is 5. The van der Waals surface area contributed by atoms with Crippen LogP contribution < -0.4 is 4.74 Å². The van der Waals surface area contributed by atoms with Crippen LogP contribution in [0.25, 0.3) is 0 Å². The number of Topliss-reactive ketones (excluding diaryl/α,β-unsaturated/α-hetero) is 1. The molecule has 2 bridgehead atoms. The maximum Gasteiger partial charge on any atom is 0.343 e. The Hall–Kier alpha value is -6.05. The Bertz CT molecular complexity index is 1870. The highest BCUT2D eigenvalue weighted by molar-refractivity contribution is 6.10. The third kappa shape index (κ3) is 5.03. The lowest BCUT2D eigenvalue weighted by Crippen LogP contribution is -2.52. The van der Waals surface area contributed by atoms with Gasteiger partial charge in [0.2, 0.25) is 0 Å². The number of hydrazine groups is 1. The lowest BCUT2D eigenvalue weighted by atomic mass is 9.63. The van der Waals surface area contributed by atoms with Crippen LogP contribution in [0.5, 0.6) is 5.75 Å². The first-order valence-corrected chi connectivity index (χ1v) is 14.8. The van der Waals surface area contributed by atoms with E-state index in [0.29, 0.717) is 11.8 Å². The zero-order valence-electron chi connectivity index (χ0n) is 24.3. The molecule has 4 aliphatic carbocycles. The molecule has 1 heterocycles. The summed E-state index contributed by atoms with van der Waals surface area (Å²) in [6, 6.07) is 14.8.